The van der Waals surface area contributed by atoms with Gasteiger partial charge in [0.2, 0.25) is 0 Å². The van der Waals surface area contributed by atoms with Crippen LogP contribution in [-0.4, -0.2) is 36.4 Å². The number of halogens is 1. The van der Waals surface area contributed by atoms with Crippen LogP contribution in [0.1, 0.15) is 14.9 Å². The van der Waals surface area contributed by atoms with E-state index in [1.807, 2.05) is 5.11 Å². The molecule has 0 aromatic rings. The Morgan fingerprint density at radius 2 is 1.60 bits per heavy atom. The fourth-order valence-electron chi connectivity index (χ4n) is 0. The number of rotatable bonds is 1. The molecule has 0 saturated carbocycles. The van der Waals surface area contributed by atoms with E-state index in [2.05, 4.69) is 39.8 Å². The number of thiocarbonyl (C=S) groups is 1. The number of hydrogen-bond acceptors (Lipinski definition) is 1. The molecule has 66 valence electrons. The topological polar surface area (TPSA) is 0 Å². The Hall–Kier alpha value is 1.06. The summed E-state index contributed by atoms with van der Waals surface area (Å²) < 4.78 is 10.5. The van der Waals surface area contributed by atoms with Crippen LogP contribution in [0.3, 0.4) is 0 Å². The summed E-state index contributed by atoms with van der Waals surface area (Å²) in [6.07, 6.45) is 0. The fraction of sp³-hybridized carbons (Fsp3) is 0.400. The molecule has 0 radical (unpaired) electrons. The third-order valence-electron chi connectivity index (χ3n) is 0.0386. The van der Waals surface area contributed by atoms with Gasteiger partial charge in [-0.3, -0.25) is 4.20 Å². The van der Waals surface area contributed by atoms with Crippen LogP contribution in [0.4, 0.5) is 4.20 Å². The average molecular weight is 264 g/mol. The quantitative estimate of drug-likeness (QED) is 0.297. The molecule has 0 amide bonds. The summed E-state index contributed by atoms with van der Waals surface area (Å²) in [5.74, 6) is 0. The Labute approximate surface area is 83.1 Å². The van der Waals surface area contributed by atoms with Crippen molar-refractivity contribution in [2.45, 2.75) is 14.9 Å². The second-order valence-electron chi connectivity index (χ2n) is 0.197. The van der Waals surface area contributed by atoms with Gasteiger partial charge in [0.1, 0.15) is 0 Å². The van der Waals surface area contributed by atoms with Crippen molar-refractivity contribution in [3.8, 4) is 0 Å². The van der Waals surface area contributed by atoms with Crippen LogP contribution in [0, 0.1) is 6.55 Å². The van der Waals surface area contributed by atoms with Crippen molar-refractivity contribution in [2.24, 2.45) is 0 Å². The fourth-order valence-corrected chi connectivity index (χ4v) is 0. The molecule has 0 bridgehead atoms. The first-order valence-corrected chi connectivity index (χ1v) is 5.28. The van der Waals surface area contributed by atoms with Crippen LogP contribution in [0.15, 0.2) is 0 Å². The van der Waals surface area contributed by atoms with Gasteiger partial charge >= 0.3 is 21.0 Å². The van der Waals surface area contributed by atoms with Crippen molar-refractivity contribution in [3.63, 3.8) is 0 Å². The van der Waals surface area contributed by atoms with E-state index >= 15 is 0 Å². The minimum atomic E-state index is -0.795. The zero-order valence-electron chi connectivity index (χ0n) is 4.48. The minimum absolute atomic E-state index is 0. The van der Waals surface area contributed by atoms with E-state index in [9.17, 15) is 4.20 Å². The van der Waals surface area contributed by atoms with E-state index in [4.69, 9.17) is 0 Å². The van der Waals surface area contributed by atoms with Gasteiger partial charge in [0.05, 0.1) is 0 Å². The molecule has 0 aromatic heterocycles. The predicted molar refractivity (Wildman–Crippen MR) is 62.6 cm³/mol. The second-order valence-corrected chi connectivity index (χ2v) is 1.20. The van der Waals surface area contributed by atoms with Crippen molar-refractivity contribution >= 4 is 57.5 Å². The van der Waals surface area contributed by atoms with Crippen LogP contribution in [0.5, 0.6) is 0 Å². The van der Waals surface area contributed by atoms with E-state index in [0.29, 0.717) is 0 Å². The molecule has 10 heavy (non-hydrogen) atoms. The molecule has 1 unspecified atom stereocenters. The second kappa shape index (κ2) is 88.3. The van der Waals surface area contributed by atoms with Gasteiger partial charge in [0.25, 0.3) is 0 Å². The third kappa shape index (κ3) is 139. The molecule has 0 aliphatic rings. The minimum Gasteiger partial charge on any atom is -0.351 e. The van der Waals surface area contributed by atoms with E-state index in [-0.39, 0.29) is 14.9 Å². The van der Waals surface area contributed by atoms with Crippen molar-refractivity contribution in [3.05, 3.63) is 6.55 Å². The van der Waals surface area contributed by atoms with E-state index in [1.165, 1.54) is 0 Å². The largest absolute Gasteiger partial charge is 0.351 e. The molecular formula is C5H15FPSSeSi-3. The zero-order valence-corrected chi connectivity index (χ0v) is 10.0. The van der Waals surface area contributed by atoms with Gasteiger partial charge in [0, 0.05) is 0 Å². The molecule has 1 atom stereocenters. The predicted octanol–water partition coefficient (Wildman–Crippen LogP) is 1.26. The summed E-state index contributed by atoms with van der Waals surface area (Å²) in [5.41, 5.74) is 4.38. The van der Waals surface area contributed by atoms with Gasteiger partial charge in [-0.25, -0.2) is 0 Å². The summed E-state index contributed by atoms with van der Waals surface area (Å²) in [7, 11) is 0.261. The van der Waals surface area contributed by atoms with Gasteiger partial charge < -0.3 is 23.9 Å². The van der Waals surface area contributed by atoms with Crippen LogP contribution in [-0.2, 0) is 0 Å². The van der Waals surface area contributed by atoms with Crippen molar-refractivity contribution in [1.82, 2.24) is 0 Å². The summed E-state index contributed by atoms with van der Waals surface area (Å²) in [6, 6.07) is 0. The van der Waals surface area contributed by atoms with Crippen molar-refractivity contribution in [1.29, 1.82) is 0 Å². The molecule has 0 fully saturated rings. The molecule has 0 N–H and O–H groups in total. The molecule has 5 heteroatoms. The van der Waals surface area contributed by atoms with Crippen molar-refractivity contribution in [2.75, 3.05) is 0 Å². The van der Waals surface area contributed by atoms with Gasteiger partial charge in [-0.2, -0.15) is 0 Å². The molecule has 0 aliphatic carbocycles. The molecule has 0 spiro atoms. The summed E-state index contributed by atoms with van der Waals surface area (Å²) in [6.45, 7) is 3.39. The molecular weight excluding hydrogens is 249 g/mol. The van der Waals surface area contributed by atoms with Gasteiger partial charge in [0.15, 0.2) is 0 Å². The number of hydrogen-bond donors (Lipinski definition) is 0. The third-order valence-corrected chi connectivity index (χ3v) is 0.347. The maximum absolute atomic E-state index is 10.5. The first kappa shape index (κ1) is 30.5. The zero-order chi connectivity index (χ0) is 7.41. The van der Waals surface area contributed by atoms with Gasteiger partial charge in [-0.15, -0.1) is 10.2 Å². The Morgan fingerprint density at radius 1 is 1.50 bits per heavy atom. The summed E-state index contributed by atoms with van der Waals surface area (Å²) >= 11 is 6.07. The Bertz CT molecular complexity index is 42.8. The SMILES string of the molecule is C.C.FP[C-]=S.[CH-]=[Se].[CH2-][SiH3]. The van der Waals surface area contributed by atoms with Crippen LogP contribution in [0.25, 0.3) is 0 Å². The van der Waals surface area contributed by atoms with Gasteiger partial charge in [-0.1, -0.05) is 23.7 Å². The van der Waals surface area contributed by atoms with E-state index < -0.39 is 8.89 Å². The molecule has 0 aromatic carbocycles. The Morgan fingerprint density at radius 3 is 1.60 bits per heavy atom. The van der Waals surface area contributed by atoms with Crippen LogP contribution >= 0.6 is 21.1 Å². The first-order valence-electron chi connectivity index (χ1n) is 1.59. The van der Waals surface area contributed by atoms with E-state index in [0.717, 1.165) is 10.2 Å². The maximum Gasteiger partial charge on any atom is -0.140 e. The average Bonchev–Trinajstić information content (AvgIpc) is 1.96. The molecule has 0 rings (SSSR count). The standard InChI is InChI=1S/CHFPS.CHSe.CH5Si.2CH4/c2-3-1-4;2*1-2;;/h3H;1H;1H2,2H3;2*1H4/q3*-1;;. The van der Waals surface area contributed by atoms with Crippen LogP contribution < -0.4 is 0 Å². The normalized spacial score (nSPS) is 5.00. The molecule has 0 aliphatic heterocycles. The smallest absolute Gasteiger partial charge is 0.140 e. The molecule has 0 nitrogen and oxygen atoms in total. The Kier molecular flexibility index (Phi) is 269. The molecule has 0 saturated heterocycles. The van der Waals surface area contributed by atoms with Gasteiger partial charge in [-0.05, 0) is 0 Å². The monoisotopic (exact) mass is 265 g/mol. The first-order chi connectivity index (χ1) is 3.91. The Balaban J connectivity index is -0.0000000125. The van der Waals surface area contributed by atoms with Crippen LogP contribution in [0.2, 0.25) is 0 Å². The summed E-state index contributed by atoms with van der Waals surface area (Å²) in [5, 5.41) is 1.88. The van der Waals surface area contributed by atoms with E-state index in [1.54, 1.807) is 0 Å². The molecule has 0 heterocycles. The van der Waals surface area contributed by atoms with Crippen molar-refractivity contribution < 1.29 is 4.20 Å². The maximum atomic E-state index is 10.5. The summed E-state index contributed by atoms with van der Waals surface area (Å²) in [4.78, 5) is 0.